The monoisotopic (exact) mass is 311 g/mol. The van der Waals surface area contributed by atoms with Crippen molar-refractivity contribution in [3.05, 3.63) is 29.8 Å². The number of rotatable bonds is 6. The van der Waals surface area contributed by atoms with E-state index in [9.17, 15) is 8.42 Å². The van der Waals surface area contributed by atoms with Crippen LogP contribution in [0.15, 0.2) is 34.2 Å². The first-order chi connectivity index (χ1) is 9.82. The Labute approximate surface area is 127 Å². The average molecular weight is 311 g/mol. The summed E-state index contributed by atoms with van der Waals surface area (Å²) in [7, 11) is -1.40. The fourth-order valence-electron chi connectivity index (χ4n) is 1.74. The molecular formula is C15H25N3O2S. The molecule has 0 bridgehead atoms. The van der Waals surface area contributed by atoms with Crippen LogP contribution >= 0.6 is 0 Å². The number of nitrogens with zero attached hydrogens (tertiary/aromatic N) is 1. The summed E-state index contributed by atoms with van der Waals surface area (Å²) in [5, 5.41) is 6.46. The van der Waals surface area contributed by atoms with Gasteiger partial charge in [-0.3, -0.25) is 4.99 Å². The van der Waals surface area contributed by atoms with Crippen LogP contribution in [0.4, 0.5) is 0 Å². The third kappa shape index (κ3) is 6.62. The highest BCUT2D eigenvalue weighted by molar-refractivity contribution is 7.90. The van der Waals surface area contributed by atoms with Crippen molar-refractivity contribution in [1.82, 2.24) is 10.6 Å². The van der Waals surface area contributed by atoms with Gasteiger partial charge in [0.25, 0.3) is 0 Å². The van der Waals surface area contributed by atoms with E-state index in [0.717, 1.165) is 24.5 Å². The molecule has 6 heteroatoms. The van der Waals surface area contributed by atoms with E-state index in [0.29, 0.717) is 17.4 Å². The highest BCUT2D eigenvalue weighted by atomic mass is 32.2. The predicted octanol–water partition coefficient (Wildman–Crippen LogP) is 1.80. The van der Waals surface area contributed by atoms with Gasteiger partial charge < -0.3 is 10.6 Å². The van der Waals surface area contributed by atoms with Crippen molar-refractivity contribution in [3.8, 4) is 0 Å². The Kier molecular flexibility index (Phi) is 6.68. The number of hydrogen-bond acceptors (Lipinski definition) is 3. The van der Waals surface area contributed by atoms with E-state index in [4.69, 9.17) is 0 Å². The maximum absolute atomic E-state index is 11.4. The quantitative estimate of drug-likeness (QED) is 0.621. The summed E-state index contributed by atoms with van der Waals surface area (Å²) in [6, 6.07) is 6.87. The number of guanidine groups is 1. The molecule has 0 amide bonds. The van der Waals surface area contributed by atoms with Crippen molar-refractivity contribution in [2.75, 3.05) is 19.8 Å². The van der Waals surface area contributed by atoms with Gasteiger partial charge in [0.15, 0.2) is 15.8 Å². The van der Waals surface area contributed by atoms with Crippen molar-refractivity contribution in [3.63, 3.8) is 0 Å². The van der Waals surface area contributed by atoms with Crippen LogP contribution in [0.2, 0.25) is 0 Å². The summed E-state index contributed by atoms with van der Waals surface area (Å²) >= 11 is 0. The van der Waals surface area contributed by atoms with Crippen LogP contribution in [-0.4, -0.2) is 34.2 Å². The van der Waals surface area contributed by atoms with Gasteiger partial charge in [-0.15, -0.1) is 0 Å². The van der Waals surface area contributed by atoms with Crippen LogP contribution in [0.5, 0.6) is 0 Å². The lowest BCUT2D eigenvalue weighted by molar-refractivity contribution is 0.573. The summed E-state index contributed by atoms with van der Waals surface area (Å²) in [5.41, 5.74) is 1.01. The first-order valence-corrected chi connectivity index (χ1v) is 8.95. The SMILES string of the molecule is CN=C(NCCC(C)C)NCc1ccc(S(C)(=O)=O)cc1. The maximum atomic E-state index is 11.4. The van der Waals surface area contributed by atoms with E-state index in [-0.39, 0.29) is 0 Å². The maximum Gasteiger partial charge on any atom is 0.191 e. The average Bonchev–Trinajstić information content (AvgIpc) is 2.41. The summed E-state index contributed by atoms with van der Waals surface area (Å²) in [6.07, 6.45) is 2.30. The molecule has 0 spiro atoms. The minimum absolute atomic E-state index is 0.339. The second kappa shape index (κ2) is 8.02. The fraction of sp³-hybridized carbons (Fsp3) is 0.533. The number of benzene rings is 1. The Hall–Kier alpha value is -1.56. The zero-order chi connectivity index (χ0) is 15.9. The highest BCUT2D eigenvalue weighted by Gasteiger charge is 2.06. The molecule has 21 heavy (non-hydrogen) atoms. The van der Waals surface area contributed by atoms with Crippen molar-refractivity contribution < 1.29 is 8.42 Å². The van der Waals surface area contributed by atoms with Crippen molar-refractivity contribution in [1.29, 1.82) is 0 Å². The van der Waals surface area contributed by atoms with Gasteiger partial charge in [0.05, 0.1) is 4.90 Å². The molecule has 0 radical (unpaired) electrons. The normalized spacial score (nSPS) is 12.5. The Balaban J connectivity index is 2.50. The minimum atomic E-state index is -3.13. The second-order valence-electron chi connectivity index (χ2n) is 5.45. The Morgan fingerprint density at radius 2 is 1.81 bits per heavy atom. The molecule has 5 nitrogen and oxygen atoms in total. The molecule has 2 N–H and O–H groups in total. The molecule has 0 atom stereocenters. The van der Waals surface area contributed by atoms with Gasteiger partial charge in [-0.2, -0.15) is 0 Å². The molecule has 0 unspecified atom stereocenters. The third-order valence-corrected chi connectivity index (χ3v) is 4.18. The van der Waals surface area contributed by atoms with E-state index in [2.05, 4.69) is 29.5 Å². The van der Waals surface area contributed by atoms with Gasteiger partial charge in [-0.1, -0.05) is 26.0 Å². The number of nitrogens with one attached hydrogen (secondary N) is 2. The summed E-state index contributed by atoms with van der Waals surface area (Å²) in [5.74, 6) is 1.40. The van der Waals surface area contributed by atoms with E-state index in [1.54, 1.807) is 19.2 Å². The first-order valence-electron chi connectivity index (χ1n) is 7.06. The highest BCUT2D eigenvalue weighted by Crippen LogP contribution is 2.10. The Bertz CT molecular complexity index is 563. The molecule has 0 aliphatic carbocycles. The van der Waals surface area contributed by atoms with Gasteiger partial charge in [0, 0.05) is 26.4 Å². The molecule has 0 aliphatic rings. The van der Waals surface area contributed by atoms with Gasteiger partial charge in [0.1, 0.15) is 0 Å². The van der Waals surface area contributed by atoms with Crippen LogP contribution < -0.4 is 10.6 Å². The van der Waals surface area contributed by atoms with E-state index < -0.39 is 9.84 Å². The van der Waals surface area contributed by atoms with Crippen molar-refractivity contribution in [2.24, 2.45) is 10.9 Å². The Morgan fingerprint density at radius 3 is 2.29 bits per heavy atom. The molecule has 0 saturated heterocycles. The molecule has 1 aromatic carbocycles. The zero-order valence-electron chi connectivity index (χ0n) is 13.2. The van der Waals surface area contributed by atoms with E-state index in [1.165, 1.54) is 6.26 Å². The molecule has 0 aliphatic heterocycles. The molecular weight excluding hydrogens is 286 g/mol. The van der Waals surface area contributed by atoms with Crippen LogP contribution in [0, 0.1) is 5.92 Å². The number of aliphatic imine (C=N–C) groups is 1. The third-order valence-electron chi connectivity index (χ3n) is 3.05. The van der Waals surface area contributed by atoms with E-state index in [1.807, 2.05) is 12.1 Å². The first kappa shape index (κ1) is 17.5. The van der Waals surface area contributed by atoms with Crippen LogP contribution in [0.3, 0.4) is 0 Å². The summed E-state index contributed by atoms with van der Waals surface area (Å²) in [4.78, 5) is 4.49. The van der Waals surface area contributed by atoms with Crippen molar-refractivity contribution in [2.45, 2.75) is 31.7 Å². The van der Waals surface area contributed by atoms with Gasteiger partial charge in [0.2, 0.25) is 0 Å². The molecule has 118 valence electrons. The molecule has 0 fully saturated rings. The number of sulfone groups is 1. The second-order valence-corrected chi connectivity index (χ2v) is 7.47. The van der Waals surface area contributed by atoms with Gasteiger partial charge in [-0.25, -0.2) is 8.42 Å². The topological polar surface area (TPSA) is 70.6 Å². The van der Waals surface area contributed by atoms with Gasteiger partial charge in [-0.05, 0) is 30.0 Å². The predicted molar refractivity (Wildman–Crippen MR) is 87.2 cm³/mol. The molecule has 0 aromatic heterocycles. The zero-order valence-corrected chi connectivity index (χ0v) is 14.0. The van der Waals surface area contributed by atoms with Gasteiger partial charge >= 0.3 is 0 Å². The summed E-state index contributed by atoms with van der Waals surface area (Å²) in [6.45, 7) is 5.85. The smallest absolute Gasteiger partial charge is 0.191 e. The molecule has 1 rings (SSSR count). The van der Waals surface area contributed by atoms with E-state index >= 15 is 0 Å². The van der Waals surface area contributed by atoms with Crippen LogP contribution in [0.1, 0.15) is 25.8 Å². The fourth-order valence-corrected chi connectivity index (χ4v) is 2.37. The van der Waals surface area contributed by atoms with Crippen LogP contribution in [-0.2, 0) is 16.4 Å². The lowest BCUT2D eigenvalue weighted by Gasteiger charge is -2.13. The Morgan fingerprint density at radius 1 is 1.19 bits per heavy atom. The molecule has 0 heterocycles. The summed E-state index contributed by atoms with van der Waals surface area (Å²) < 4.78 is 22.8. The number of hydrogen-bond donors (Lipinski definition) is 2. The lowest BCUT2D eigenvalue weighted by atomic mass is 10.1. The standard InChI is InChI=1S/C15H25N3O2S/c1-12(2)9-10-17-15(16-3)18-11-13-5-7-14(8-6-13)21(4,19)20/h5-8,12H,9-11H2,1-4H3,(H2,16,17,18). The molecule has 0 saturated carbocycles. The van der Waals surface area contributed by atoms with Crippen molar-refractivity contribution >= 4 is 15.8 Å². The minimum Gasteiger partial charge on any atom is -0.356 e. The largest absolute Gasteiger partial charge is 0.356 e. The van der Waals surface area contributed by atoms with Crippen LogP contribution in [0.25, 0.3) is 0 Å². The molecule has 1 aromatic rings. The lowest BCUT2D eigenvalue weighted by Crippen LogP contribution is -2.37.